The molecular formula is C22H28O4. The number of hydrogen-bond acceptors (Lipinski definition) is 4. The number of aromatic hydroxyl groups is 1. The summed E-state index contributed by atoms with van der Waals surface area (Å²) in [5, 5.41) is 9.78. The maximum absolute atomic E-state index is 13.1. The lowest BCUT2D eigenvalue weighted by molar-refractivity contribution is -0.146. The third-order valence-corrected chi connectivity index (χ3v) is 7.29. The number of ketones is 1. The molecule has 2 fully saturated rings. The topological polar surface area (TPSA) is 63.6 Å². The average Bonchev–Trinajstić information content (AvgIpc) is 2.86. The van der Waals surface area contributed by atoms with Crippen LogP contribution in [0.2, 0.25) is 0 Å². The summed E-state index contributed by atoms with van der Waals surface area (Å²) < 4.78 is 5.09. The molecule has 0 bridgehead atoms. The van der Waals surface area contributed by atoms with Crippen LogP contribution in [0.5, 0.6) is 5.75 Å². The second-order valence-electron chi connectivity index (χ2n) is 8.56. The fourth-order valence-electron chi connectivity index (χ4n) is 6.11. The number of ether oxygens (including phenoxy) is 1. The molecule has 1 aromatic carbocycles. The molecule has 2 saturated carbocycles. The van der Waals surface area contributed by atoms with Crippen LogP contribution >= 0.6 is 0 Å². The van der Waals surface area contributed by atoms with Gasteiger partial charge >= 0.3 is 5.97 Å². The molecule has 1 N–H and O–H groups in total. The summed E-state index contributed by atoms with van der Waals surface area (Å²) in [7, 11) is 0. The van der Waals surface area contributed by atoms with Gasteiger partial charge in [-0.3, -0.25) is 9.59 Å². The van der Waals surface area contributed by atoms with Crippen molar-refractivity contribution >= 4 is 11.8 Å². The Labute approximate surface area is 154 Å². The van der Waals surface area contributed by atoms with E-state index in [1.54, 1.807) is 13.0 Å². The van der Waals surface area contributed by atoms with Gasteiger partial charge in [-0.25, -0.2) is 0 Å². The molecule has 0 amide bonds. The highest BCUT2D eigenvalue weighted by Gasteiger charge is 2.58. The minimum Gasteiger partial charge on any atom is -0.508 e. The van der Waals surface area contributed by atoms with Crippen molar-refractivity contribution < 1.29 is 19.4 Å². The van der Waals surface area contributed by atoms with E-state index in [4.69, 9.17) is 4.74 Å². The maximum atomic E-state index is 13.1. The van der Waals surface area contributed by atoms with Crippen LogP contribution in [0, 0.1) is 23.2 Å². The van der Waals surface area contributed by atoms with Crippen molar-refractivity contribution in [1.29, 1.82) is 0 Å². The number of Topliss-reactive ketones (excluding diaryl/α,β-unsaturated/α-hetero) is 1. The molecule has 3 aliphatic carbocycles. The van der Waals surface area contributed by atoms with Crippen molar-refractivity contribution in [2.24, 2.45) is 23.2 Å². The summed E-state index contributed by atoms with van der Waals surface area (Å²) in [6, 6.07) is 5.78. The Kier molecular flexibility index (Phi) is 4.32. The summed E-state index contributed by atoms with van der Waals surface area (Å²) in [4.78, 5) is 25.1. The van der Waals surface area contributed by atoms with Crippen molar-refractivity contribution in [2.45, 2.75) is 58.3 Å². The van der Waals surface area contributed by atoms with Gasteiger partial charge in [0.05, 0.1) is 13.0 Å². The Hall–Kier alpha value is -1.84. The summed E-state index contributed by atoms with van der Waals surface area (Å²) in [5.41, 5.74) is 2.34. The van der Waals surface area contributed by atoms with Crippen molar-refractivity contribution in [3.05, 3.63) is 29.3 Å². The highest BCUT2D eigenvalue weighted by atomic mass is 16.5. The van der Waals surface area contributed by atoms with Crippen molar-refractivity contribution in [1.82, 2.24) is 0 Å². The summed E-state index contributed by atoms with van der Waals surface area (Å²) >= 11 is 0. The molecule has 4 rings (SSSR count). The fraction of sp³-hybridized carbons (Fsp3) is 0.636. The van der Waals surface area contributed by atoms with Crippen molar-refractivity contribution in [2.75, 3.05) is 6.61 Å². The Bertz CT molecular complexity index is 740. The van der Waals surface area contributed by atoms with Crippen LogP contribution in [-0.4, -0.2) is 23.5 Å². The third-order valence-electron chi connectivity index (χ3n) is 7.29. The molecule has 4 nitrogen and oxygen atoms in total. The zero-order valence-corrected chi connectivity index (χ0v) is 15.7. The Balaban J connectivity index is 1.59. The first-order valence-corrected chi connectivity index (χ1v) is 9.95. The predicted octanol–water partition coefficient (Wildman–Crippen LogP) is 4.00. The lowest BCUT2D eigenvalue weighted by Crippen LogP contribution is -2.42. The first kappa shape index (κ1) is 17.6. The van der Waals surface area contributed by atoms with Crippen LogP contribution < -0.4 is 0 Å². The lowest BCUT2D eigenvalue weighted by Gasteiger charge is -2.48. The Morgan fingerprint density at radius 3 is 2.92 bits per heavy atom. The van der Waals surface area contributed by atoms with Crippen molar-refractivity contribution in [3.8, 4) is 5.75 Å². The number of phenols is 1. The minimum atomic E-state index is -0.285. The zero-order chi connectivity index (χ0) is 18.5. The predicted molar refractivity (Wildman–Crippen MR) is 97.9 cm³/mol. The lowest BCUT2D eigenvalue weighted by atomic mass is 9.55. The van der Waals surface area contributed by atoms with Crippen LogP contribution in [0.1, 0.15) is 63.0 Å². The molecule has 0 aliphatic heterocycles. The van der Waals surface area contributed by atoms with Gasteiger partial charge in [-0.2, -0.15) is 0 Å². The summed E-state index contributed by atoms with van der Waals surface area (Å²) in [6.07, 6.45) is 5.02. The Morgan fingerprint density at radius 1 is 1.35 bits per heavy atom. The first-order chi connectivity index (χ1) is 12.4. The molecule has 1 aromatic rings. The molecule has 5 atom stereocenters. The van der Waals surface area contributed by atoms with Gasteiger partial charge in [-0.1, -0.05) is 13.0 Å². The molecule has 3 aliphatic rings. The van der Waals surface area contributed by atoms with Crippen LogP contribution in [0.15, 0.2) is 18.2 Å². The zero-order valence-electron chi connectivity index (χ0n) is 15.7. The van der Waals surface area contributed by atoms with Crippen LogP contribution in [0.25, 0.3) is 0 Å². The first-order valence-electron chi connectivity index (χ1n) is 9.95. The second kappa shape index (κ2) is 6.40. The van der Waals surface area contributed by atoms with E-state index in [0.29, 0.717) is 30.1 Å². The molecule has 0 saturated heterocycles. The summed E-state index contributed by atoms with van der Waals surface area (Å²) in [5.74, 6) is 1.54. The van der Waals surface area contributed by atoms with Gasteiger partial charge in [0.25, 0.3) is 0 Å². The molecule has 0 aromatic heterocycles. The number of fused-ring (bicyclic) bond motifs is 5. The number of phenolic OH excluding ortho intramolecular Hbond substituents is 1. The number of carbonyl (C=O) groups excluding carboxylic acids is 2. The van der Waals surface area contributed by atoms with E-state index in [1.165, 1.54) is 11.1 Å². The second-order valence-corrected chi connectivity index (χ2v) is 8.56. The van der Waals surface area contributed by atoms with E-state index in [-0.39, 0.29) is 29.5 Å². The number of benzene rings is 1. The van der Waals surface area contributed by atoms with E-state index in [0.717, 1.165) is 32.1 Å². The number of hydrogen-bond donors (Lipinski definition) is 1. The van der Waals surface area contributed by atoms with Gasteiger partial charge in [0, 0.05) is 11.3 Å². The minimum absolute atomic E-state index is 0.177. The van der Waals surface area contributed by atoms with Crippen LogP contribution in [0.4, 0.5) is 0 Å². The number of rotatable bonds is 3. The number of aryl methyl sites for hydroxylation is 1. The molecular weight excluding hydrogens is 328 g/mol. The quantitative estimate of drug-likeness (QED) is 0.832. The molecule has 0 heterocycles. The van der Waals surface area contributed by atoms with E-state index in [9.17, 15) is 14.7 Å². The van der Waals surface area contributed by atoms with Gasteiger partial charge in [0.15, 0.2) is 0 Å². The molecule has 0 spiro atoms. The SMILES string of the molecule is CCOC(=O)CC1CC2C3CCc4cc(O)ccc4C3CC[C@]2(C)C1=O. The monoisotopic (exact) mass is 356 g/mol. The summed E-state index contributed by atoms with van der Waals surface area (Å²) in [6.45, 7) is 4.31. The number of esters is 1. The average molecular weight is 356 g/mol. The highest BCUT2D eigenvalue weighted by Crippen LogP contribution is 2.61. The molecule has 140 valence electrons. The maximum Gasteiger partial charge on any atom is 0.306 e. The van der Waals surface area contributed by atoms with Crippen LogP contribution in [0.3, 0.4) is 0 Å². The third kappa shape index (κ3) is 2.65. The van der Waals surface area contributed by atoms with Crippen molar-refractivity contribution in [3.63, 3.8) is 0 Å². The molecule has 26 heavy (non-hydrogen) atoms. The van der Waals surface area contributed by atoms with Gasteiger partial charge in [0.1, 0.15) is 11.5 Å². The standard InChI is InChI=1S/C22H28O4/c1-3-26-20(24)12-14-11-19-18-6-4-13-10-15(23)5-7-16(13)17(18)8-9-22(19,2)21(14)25/h5,7,10,14,17-19,23H,3-4,6,8-9,11-12H2,1-2H3/t14?,17?,18?,19?,22-/m0/s1. The van der Waals surface area contributed by atoms with E-state index >= 15 is 0 Å². The largest absolute Gasteiger partial charge is 0.508 e. The van der Waals surface area contributed by atoms with Gasteiger partial charge in [0.2, 0.25) is 0 Å². The molecule has 0 radical (unpaired) electrons. The smallest absolute Gasteiger partial charge is 0.306 e. The fourth-order valence-corrected chi connectivity index (χ4v) is 6.11. The Morgan fingerprint density at radius 2 is 2.15 bits per heavy atom. The van der Waals surface area contributed by atoms with Gasteiger partial charge < -0.3 is 9.84 Å². The van der Waals surface area contributed by atoms with Crippen LogP contribution in [-0.2, 0) is 20.7 Å². The molecule has 4 heteroatoms. The van der Waals surface area contributed by atoms with E-state index in [2.05, 4.69) is 13.0 Å². The highest BCUT2D eigenvalue weighted by molar-refractivity contribution is 5.92. The van der Waals surface area contributed by atoms with Gasteiger partial charge in [-0.15, -0.1) is 0 Å². The number of carbonyl (C=O) groups is 2. The van der Waals surface area contributed by atoms with E-state index in [1.807, 2.05) is 6.07 Å². The normalized spacial score (nSPS) is 35.4. The van der Waals surface area contributed by atoms with Gasteiger partial charge in [-0.05, 0) is 80.0 Å². The molecule has 4 unspecified atom stereocenters. The van der Waals surface area contributed by atoms with E-state index < -0.39 is 0 Å².